The normalized spacial score (nSPS) is 23.1. The van der Waals surface area contributed by atoms with E-state index in [-0.39, 0.29) is 67.9 Å². The van der Waals surface area contributed by atoms with Gasteiger partial charge in [-0.15, -0.1) is 0 Å². The predicted molar refractivity (Wildman–Crippen MR) is 181 cm³/mol. The molecular weight excluding hydrogens is 627 g/mol. The average Bonchev–Trinajstić information content (AvgIpc) is 3.56. The number of hydrogen-bond acceptors (Lipinski definition) is 10. The number of ether oxygens (including phenoxy) is 2. The molecule has 0 aromatic heterocycles. The summed E-state index contributed by atoms with van der Waals surface area (Å²) in [6, 6.07) is -0.0971. The lowest BCUT2D eigenvalue weighted by atomic mass is 10.1. The van der Waals surface area contributed by atoms with E-state index in [1.165, 1.54) is 0 Å². The van der Waals surface area contributed by atoms with Gasteiger partial charge in [0.15, 0.2) is 0 Å². The van der Waals surface area contributed by atoms with Crippen molar-refractivity contribution in [3.8, 4) is 0 Å². The van der Waals surface area contributed by atoms with E-state index in [1.807, 2.05) is 27.7 Å². The summed E-state index contributed by atoms with van der Waals surface area (Å²) in [6.45, 7) is 17.9. The highest BCUT2D eigenvalue weighted by Gasteiger charge is 2.42. The van der Waals surface area contributed by atoms with Crippen LogP contribution in [0.2, 0.25) is 0 Å². The van der Waals surface area contributed by atoms with Crippen molar-refractivity contribution in [2.24, 2.45) is 0 Å². The molecule has 0 saturated carbocycles. The molecule has 2 fully saturated rings. The van der Waals surface area contributed by atoms with Crippen molar-refractivity contribution in [1.29, 1.82) is 0 Å². The number of carbonyl (C=O) groups excluding carboxylic acids is 3. The second-order valence-corrected chi connectivity index (χ2v) is 15.4. The SMILES string of the molecule is CC(C)NCCCC(=O)CCC(=O)N1C[C@H](OC(C)C)C[C@H]1COP(=O)(O)O[C@@H]1C[C@@H](COC(C)C)N(C(=O)CCCNC(C)C)C1. The van der Waals surface area contributed by atoms with Crippen molar-refractivity contribution in [3.63, 3.8) is 0 Å². The largest absolute Gasteiger partial charge is 0.472 e. The Hall–Kier alpha value is -1.44. The van der Waals surface area contributed by atoms with Crippen LogP contribution in [-0.2, 0) is 37.5 Å². The van der Waals surface area contributed by atoms with Crippen LogP contribution in [0.4, 0.5) is 0 Å². The molecule has 2 rings (SSSR count). The number of likely N-dealkylation sites (tertiary alicyclic amines) is 2. The Labute approximate surface area is 282 Å². The zero-order valence-corrected chi connectivity index (χ0v) is 31.0. The van der Waals surface area contributed by atoms with Crippen molar-refractivity contribution in [2.75, 3.05) is 39.4 Å². The van der Waals surface area contributed by atoms with Crippen LogP contribution in [0.25, 0.3) is 0 Å². The van der Waals surface area contributed by atoms with Crippen molar-refractivity contribution in [2.45, 2.75) is 155 Å². The van der Waals surface area contributed by atoms with Crippen LogP contribution >= 0.6 is 7.82 Å². The van der Waals surface area contributed by atoms with Gasteiger partial charge in [0, 0.05) is 50.9 Å². The number of amides is 2. The fourth-order valence-electron chi connectivity index (χ4n) is 5.90. The second kappa shape index (κ2) is 20.9. The zero-order valence-electron chi connectivity index (χ0n) is 30.1. The number of rotatable bonds is 23. The molecule has 2 amide bonds. The number of ketones is 1. The van der Waals surface area contributed by atoms with Gasteiger partial charge in [-0.1, -0.05) is 27.7 Å². The van der Waals surface area contributed by atoms with Crippen LogP contribution in [0.15, 0.2) is 0 Å². The lowest BCUT2D eigenvalue weighted by molar-refractivity contribution is -0.135. The number of phosphoric ester groups is 1. The predicted octanol–water partition coefficient (Wildman–Crippen LogP) is 3.81. The second-order valence-electron chi connectivity index (χ2n) is 14.0. The van der Waals surface area contributed by atoms with E-state index < -0.39 is 20.0 Å². The first kappa shape index (κ1) is 41.7. The Balaban J connectivity index is 1.96. The molecule has 2 saturated heterocycles. The third kappa shape index (κ3) is 16.7. The molecule has 5 atom stereocenters. The number of nitrogens with one attached hydrogen (secondary N) is 2. The van der Waals surface area contributed by atoms with Crippen LogP contribution in [0.1, 0.15) is 107 Å². The van der Waals surface area contributed by atoms with Gasteiger partial charge in [-0.3, -0.25) is 23.4 Å². The molecule has 13 nitrogen and oxygen atoms in total. The minimum absolute atomic E-state index is 0.0276. The standard InChI is InChI=1S/C33H63N4O9P/c1-23(2)34-15-9-11-29(38)13-14-33(40)36-19-30(45-26(7)8)17-28(36)22-44-47(41,42)46-31-18-27(21-43-25(5)6)37(20-31)32(39)12-10-16-35-24(3)4/h23-28,30-31,34-35H,9-22H2,1-8H3,(H,41,42)/t27-,28-,30+,31+/m0/s1. The summed E-state index contributed by atoms with van der Waals surface area (Å²) in [5.74, 6) is -0.223. The Morgan fingerprint density at radius 2 is 1.28 bits per heavy atom. The number of Topliss-reactive ketones (excluding diaryl/α,β-unsaturated/α-hetero) is 1. The fourth-order valence-corrected chi connectivity index (χ4v) is 6.85. The van der Waals surface area contributed by atoms with Crippen LogP contribution in [0, 0.1) is 0 Å². The van der Waals surface area contributed by atoms with E-state index in [0.29, 0.717) is 57.3 Å². The van der Waals surface area contributed by atoms with Gasteiger partial charge in [-0.2, -0.15) is 0 Å². The lowest BCUT2D eigenvalue weighted by Gasteiger charge is -2.26. The average molecular weight is 691 g/mol. The van der Waals surface area contributed by atoms with Gasteiger partial charge in [0.2, 0.25) is 11.8 Å². The van der Waals surface area contributed by atoms with Crippen molar-refractivity contribution < 1.29 is 42.4 Å². The monoisotopic (exact) mass is 690 g/mol. The molecule has 2 aliphatic heterocycles. The summed E-state index contributed by atoms with van der Waals surface area (Å²) in [5, 5.41) is 6.59. The maximum absolute atomic E-state index is 13.2. The molecule has 1 unspecified atom stereocenters. The molecule has 0 aromatic rings. The number of carbonyl (C=O) groups is 3. The van der Waals surface area contributed by atoms with E-state index in [1.54, 1.807) is 9.80 Å². The molecule has 0 spiro atoms. The highest BCUT2D eigenvalue weighted by molar-refractivity contribution is 7.47. The third-order valence-electron chi connectivity index (χ3n) is 8.11. The highest BCUT2D eigenvalue weighted by atomic mass is 31.2. The van der Waals surface area contributed by atoms with E-state index in [9.17, 15) is 23.8 Å². The molecule has 0 radical (unpaired) electrons. The summed E-state index contributed by atoms with van der Waals surface area (Å²) < 4.78 is 36.0. The van der Waals surface area contributed by atoms with Crippen molar-refractivity contribution in [1.82, 2.24) is 20.4 Å². The van der Waals surface area contributed by atoms with Gasteiger partial charge in [0.1, 0.15) is 5.78 Å². The van der Waals surface area contributed by atoms with Crippen LogP contribution in [0.5, 0.6) is 0 Å². The van der Waals surface area contributed by atoms with E-state index in [4.69, 9.17) is 18.5 Å². The smallest absolute Gasteiger partial charge is 0.377 e. The van der Waals surface area contributed by atoms with Gasteiger partial charge in [-0.25, -0.2) is 4.57 Å². The van der Waals surface area contributed by atoms with Crippen LogP contribution in [0.3, 0.4) is 0 Å². The fraction of sp³-hybridized carbons (Fsp3) is 0.909. The first-order valence-electron chi connectivity index (χ1n) is 17.6. The summed E-state index contributed by atoms with van der Waals surface area (Å²) >= 11 is 0. The van der Waals surface area contributed by atoms with Gasteiger partial charge < -0.3 is 34.8 Å². The van der Waals surface area contributed by atoms with Gasteiger partial charge in [-0.05, 0) is 66.5 Å². The van der Waals surface area contributed by atoms with Crippen molar-refractivity contribution in [3.05, 3.63) is 0 Å². The van der Waals surface area contributed by atoms with Crippen LogP contribution < -0.4 is 10.6 Å². The third-order valence-corrected chi connectivity index (χ3v) is 9.15. The Morgan fingerprint density at radius 3 is 1.85 bits per heavy atom. The molecule has 2 aliphatic rings. The molecule has 14 heteroatoms. The maximum Gasteiger partial charge on any atom is 0.472 e. The molecule has 47 heavy (non-hydrogen) atoms. The highest BCUT2D eigenvalue weighted by Crippen LogP contribution is 2.47. The van der Waals surface area contributed by atoms with E-state index in [2.05, 4.69) is 38.3 Å². The minimum atomic E-state index is -4.54. The molecular formula is C33H63N4O9P. The minimum Gasteiger partial charge on any atom is -0.377 e. The molecule has 3 N–H and O–H groups in total. The Kier molecular flexibility index (Phi) is 18.6. The zero-order chi connectivity index (χ0) is 35.1. The maximum atomic E-state index is 13.2. The topological polar surface area (TPSA) is 156 Å². The Bertz CT molecular complexity index is 1010. The lowest BCUT2D eigenvalue weighted by Crippen LogP contribution is -2.39. The molecule has 0 bridgehead atoms. The Morgan fingerprint density at radius 1 is 0.745 bits per heavy atom. The molecule has 0 aromatic carbocycles. The van der Waals surface area contributed by atoms with Crippen molar-refractivity contribution >= 4 is 25.4 Å². The van der Waals surface area contributed by atoms with E-state index >= 15 is 0 Å². The van der Waals surface area contributed by atoms with Gasteiger partial charge in [0.05, 0.1) is 49.7 Å². The molecule has 2 heterocycles. The first-order valence-corrected chi connectivity index (χ1v) is 19.1. The number of hydrogen-bond donors (Lipinski definition) is 3. The number of phosphoric acid groups is 1. The quantitative estimate of drug-likeness (QED) is 0.106. The summed E-state index contributed by atoms with van der Waals surface area (Å²) in [5.41, 5.74) is 0. The van der Waals surface area contributed by atoms with Gasteiger partial charge in [0.25, 0.3) is 0 Å². The summed E-state index contributed by atoms with van der Waals surface area (Å²) in [6.07, 6.45) is 2.11. The summed E-state index contributed by atoms with van der Waals surface area (Å²) in [7, 11) is -4.54. The van der Waals surface area contributed by atoms with E-state index in [0.717, 1.165) is 19.5 Å². The molecule has 0 aliphatic carbocycles. The van der Waals surface area contributed by atoms with Crippen LogP contribution in [-0.4, -0.2) is 120 Å². The first-order chi connectivity index (χ1) is 22.1. The number of nitrogens with zero attached hydrogens (tertiary/aromatic N) is 2. The summed E-state index contributed by atoms with van der Waals surface area (Å²) in [4.78, 5) is 52.7. The molecule has 274 valence electrons. The van der Waals surface area contributed by atoms with Gasteiger partial charge >= 0.3 is 7.82 Å².